The van der Waals surface area contributed by atoms with E-state index in [4.69, 9.17) is 14.2 Å². The molecule has 0 aromatic rings. The molecule has 4 nitrogen and oxygen atoms in total. The van der Waals surface area contributed by atoms with E-state index in [2.05, 4.69) is 12.2 Å². The third-order valence-electron chi connectivity index (χ3n) is 2.48. The van der Waals surface area contributed by atoms with Gasteiger partial charge in [0.15, 0.2) is 6.29 Å². The highest BCUT2D eigenvalue weighted by molar-refractivity contribution is 4.75. The molecule has 0 aliphatic carbocycles. The van der Waals surface area contributed by atoms with Gasteiger partial charge in [-0.05, 0) is 19.4 Å². The van der Waals surface area contributed by atoms with Crippen LogP contribution in [0.1, 0.15) is 13.3 Å². The molecule has 2 atom stereocenters. The molecule has 1 N–H and O–H groups in total. The minimum atomic E-state index is -0.202. The van der Waals surface area contributed by atoms with Gasteiger partial charge in [-0.2, -0.15) is 0 Å². The molecule has 0 saturated heterocycles. The summed E-state index contributed by atoms with van der Waals surface area (Å²) in [4.78, 5) is 0. The molecule has 0 bridgehead atoms. The minimum absolute atomic E-state index is 0.195. The first-order valence-electron chi connectivity index (χ1n) is 4.93. The molecule has 0 spiro atoms. The van der Waals surface area contributed by atoms with Crippen LogP contribution >= 0.6 is 0 Å². The predicted octanol–water partition coefficient (Wildman–Crippen LogP) is 0.866. The Labute approximate surface area is 86.9 Å². The van der Waals surface area contributed by atoms with Gasteiger partial charge in [0.05, 0.1) is 6.04 Å². The van der Waals surface area contributed by atoms with Crippen molar-refractivity contribution in [1.82, 2.24) is 5.32 Å². The van der Waals surface area contributed by atoms with E-state index in [1.165, 1.54) is 0 Å². The summed E-state index contributed by atoms with van der Waals surface area (Å²) in [6, 6.07) is 0.195. The van der Waals surface area contributed by atoms with Gasteiger partial charge in [-0.25, -0.2) is 0 Å². The second-order valence-corrected chi connectivity index (χ2v) is 3.41. The molecule has 0 aromatic heterocycles. The van der Waals surface area contributed by atoms with Crippen molar-refractivity contribution in [3.63, 3.8) is 0 Å². The molecule has 0 rings (SSSR count). The number of likely N-dealkylation sites (N-methyl/N-ethyl adjacent to an activating group) is 1. The maximum atomic E-state index is 5.23. The van der Waals surface area contributed by atoms with Gasteiger partial charge in [0.25, 0.3) is 0 Å². The molecule has 0 aromatic carbocycles. The Kier molecular flexibility index (Phi) is 8.08. The van der Waals surface area contributed by atoms with Crippen molar-refractivity contribution in [2.75, 3.05) is 35.0 Å². The summed E-state index contributed by atoms with van der Waals surface area (Å²) in [5.74, 6) is 0.449. The van der Waals surface area contributed by atoms with Crippen LogP contribution in [0, 0.1) is 5.92 Å². The van der Waals surface area contributed by atoms with Gasteiger partial charge in [-0.15, -0.1) is 0 Å². The molecule has 0 aliphatic rings. The summed E-state index contributed by atoms with van der Waals surface area (Å²) in [6.45, 7) is 2.92. The first-order valence-corrected chi connectivity index (χ1v) is 4.93. The van der Waals surface area contributed by atoms with Crippen LogP contribution in [0.25, 0.3) is 0 Å². The number of rotatable bonds is 8. The number of ether oxygens (including phenoxy) is 3. The van der Waals surface area contributed by atoms with E-state index in [9.17, 15) is 0 Å². The monoisotopic (exact) mass is 205 g/mol. The Hall–Kier alpha value is -0.160. The normalized spacial score (nSPS) is 15.9. The van der Waals surface area contributed by atoms with Crippen LogP contribution in [0.2, 0.25) is 0 Å². The van der Waals surface area contributed by atoms with Crippen molar-refractivity contribution < 1.29 is 14.2 Å². The van der Waals surface area contributed by atoms with Crippen LogP contribution in [0.4, 0.5) is 0 Å². The molecule has 0 heterocycles. The van der Waals surface area contributed by atoms with Crippen LogP contribution in [0.5, 0.6) is 0 Å². The highest BCUT2D eigenvalue weighted by Crippen LogP contribution is 2.14. The molecule has 0 saturated carbocycles. The fourth-order valence-corrected chi connectivity index (χ4v) is 1.56. The molecule has 2 unspecified atom stereocenters. The largest absolute Gasteiger partial charge is 0.385 e. The predicted molar refractivity (Wildman–Crippen MR) is 56.3 cm³/mol. The second kappa shape index (κ2) is 8.17. The molecule has 14 heavy (non-hydrogen) atoms. The summed E-state index contributed by atoms with van der Waals surface area (Å²) in [5, 5.41) is 3.21. The average molecular weight is 205 g/mol. The van der Waals surface area contributed by atoms with E-state index in [1.54, 1.807) is 21.3 Å². The Morgan fingerprint density at radius 2 is 1.71 bits per heavy atom. The zero-order valence-electron chi connectivity index (χ0n) is 9.87. The number of hydrogen-bond donors (Lipinski definition) is 1. The van der Waals surface area contributed by atoms with Crippen LogP contribution in [0.15, 0.2) is 0 Å². The Balaban J connectivity index is 4.07. The van der Waals surface area contributed by atoms with Gasteiger partial charge in [-0.1, -0.05) is 6.92 Å². The summed E-state index contributed by atoms with van der Waals surface area (Å²) in [5.41, 5.74) is 0. The van der Waals surface area contributed by atoms with Gasteiger partial charge >= 0.3 is 0 Å². The number of nitrogens with one attached hydrogen (secondary N) is 1. The highest BCUT2D eigenvalue weighted by atomic mass is 16.7. The van der Waals surface area contributed by atoms with Crippen LogP contribution in [0.3, 0.4) is 0 Å². The third kappa shape index (κ3) is 4.37. The van der Waals surface area contributed by atoms with Crippen LogP contribution in [-0.2, 0) is 14.2 Å². The smallest absolute Gasteiger partial charge is 0.172 e. The molecule has 86 valence electrons. The van der Waals surface area contributed by atoms with Gasteiger partial charge in [0, 0.05) is 27.9 Å². The quantitative estimate of drug-likeness (QED) is 0.597. The van der Waals surface area contributed by atoms with E-state index in [-0.39, 0.29) is 12.3 Å². The molecule has 0 amide bonds. The summed E-state index contributed by atoms with van der Waals surface area (Å²) >= 11 is 0. The summed E-state index contributed by atoms with van der Waals surface area (Å²) < 4.78 is 15.5. The lowest BCUT2D eigenvalue weighted by Gasteiger charge is -2.29. The zero-order chi connectivity index (χ0) is 11.0. The van der Waals surface area contributed by atoms with Crippen molar-refractivity contribution in [3.05, 3.63) is 0 Å². The third-order valence-corrected chi connectivity index (χ3v) is 2.48. The fourth-order valence-electron chi connectivity index (χ4n) is 1.56. The standard InChI is InChI=1S/C10H23NO3/c1-8(6-7-12-3)9(11-2)10(13-4)14-5/h8-11H,6-7H2,1-5H3. The van der Waals surface area contributed by atoms with E-state index < -0.39 is 0 Å². The van der Waals surface area contributed by atoms with E-state index >= 15 is 0 Å². The summed E-state index contributed by atoms with van der Waals surface area (Å²) in [6.07, 6.45) is 0.789. The van der Waals surface area contributed by atoms with Crippen LogP contribution in [-0.4, -0.2) is 47.3 Å². The Morgan fingerprint density at radius 1 is 1.14 bits per heavy atom. The molecule has 0 fully saturated rings. The van der Waals surface area contributed by atoms with Gasteiger partial charge in [-0.3, -0.25) is 0 Å². The second-order valence-electron chi connectivity index (χ2n) is 3.41. The van der Waals surface area contributed by atoms with Crippen LogP contribution < -0.4 is 5.32 Å². The van der Waals surface area contributed by atoms with Crippen molar-refractivity contribution in [3.8, 4) is 0 Å². The lowest BCUT2D eigenvalue weighted by atomic mass is 9.98. The van der Waals surface area contributed by atoms with E-state index in [1.807, 2.05) is 7.05 Å². The highest BCUT2D eigenvalue weighted by Gasteiger charge is 2.24. The van der Waals surface area contributed by atoms with Gasteiger partial charge in [0.1, 0.15) is 0 Å². The Bertz CT molecular complexity index is 129. The molecule has 0 radical (unpaired) electrons. The van der Waals surface area contributed by atoms with E-state index in [0.717, 1.165) is 13.0 Å². The molecular formula is C10H23NO3. The maximum Gasteiger partial charge on any atom is 0.172 e. The van der Waals surface area contributed by atoms with Crippen molar-refractivity contribution in [2.24, 2.45) is 5.92 Å². The lowest BCUT2D eigenvalue weighted by molar-refractivity contribution is -0.131. The maximum absolute atomic E-state index is 5.23. The number of hydrogen-bond acceptors (Lipinski definition) is 4. The first-order chi connectivity index (χ1) is 6.71. The van der Waals surface area contributed by atoms with Crippen molar-refractivity contribution in [2.45, 2.75) is 25.7 Å². The lowest BCUT2D eigenvalue weighted by Crippen LogP contribution is -2.45. The fraction of sp³-hybridized carbons (Fsp3) is 1.00. The Morgan fingerprint density at radius 3 is 2.07 bits per heavy atom. The minimum Gasteiger partial charge on any atom is -0.385 e. The first kappa shape index (κ1) is 13.8. The van der Waals surface area contributed by atoms with Gasteiger partial charge in [0.2, 0.25) is 0 Å². The van der Waals surface area contributed by atoms with Crippen molar-refractivity contribution in [1.29, 1.82) is 0 Å². The number of methoxy groups -OCH3 is 3. The summed E-state index contributed by atoms with van der Waals surface area (Å²) in [7, 11) is 6.94. The SMILES string of the molecule is CNC(C(C)CCOC)C(OC)OC. The van der Waals surface area contributed by atoms with Crippen molar-refractivity contribution >= 4 is 0 Å². The average Bonchev–Trinajstić information content (AvgIpc) is 2.22. The molecule has 0 aliphatic heterocycles. The molecule has 4 heteroatoms. The molecular weight excluding hydrogens is 182 g/mol. The van der Waals surface area contributed by atoms with E-state index in [0.29, 0.717) is 5.92 Å². The topological polar surface area (TPSA) is 39.7 Å². The van der Waals surface area contributed by atoms with Gasteiger partial charge < -0.3 is 19.5 Å². The zero-order valence-corrected chi connectivity index (χ0v) is 9.87.